The molecule has 0 radical (unpaired) electrons. The number of benzene rings is 1. The zero-order valence-corrected chi connectivity index (χ0v) is 17.4. The van der Waals surface area contributed by atoms with E-state index in [0.717, 1.165) is 0 Å². The summed E-state index contributed by atoms with van der Waals surface area (Å²) in [6.07, 6.45) is 3.24. The second kappa shape index (κ2) is 7.84. The van der Waals surface area contributed by atoms with Crippen LogP contribution in [-0.4, -0.2) is 51.5 Å². The van der Waals surface area contributed by atoms with Gasteiger partial charge in [-0.15, -0.1) is 0 Å². The van der Waals surface area contributed by atoms with Crippen molar-refractivity contribution in [3.63, 3.8) is 0 Å². The van der Waals surface area contributed by atoms with E-state index in [-0.39, 0.29) is 29.4 Å². The average molecular weight is 434 g/mol. The van der Waals surface area contributed by atoms with Crippen LogP contribution in [0.5, 0.6) is 5.75 Å². The van der Waals surface area contributed by atoms with E-state index in [9.17, 15) is 14.4 Å². The number of amides is 1. The molecule has 2 aliphatic rings. The number of aromatic amines is 1. The fourth-order valence-corrected chi connectivity index (χ4v) is 4.43. The highest BCUT2D eigenvalue weighted by molar-refractivity contribution is 7.97. The lowest BCUT2D eigenvalue weighted by atomic mass is 9.82. The first kappa shape index (κ1) is 20.0. The van der Waals surface area contributed by atoms with Crippen molar-refractivity contribution in [2.45, 2.75) is 30.6 Å². The number of nitrogens with zero attached hydrogens (tertiary/aromatic N) is 2. The molecule has 0 aliphatic carbocycles. The monoisotopic (exact) mass is 433 g/mol. The van der Waals surface area contributed by atoms with Gasteiger partial charge in [0, 0.05) is 37.0 Å². The maximum Gasteiger partial charge on any atom is 0.272 e. The summed E-state index contributed by atoms with van der Waals surface area (Å²) in [5, 5.41) is 0.503. The third kappa shape index (κ3) is 4.04. The van der Waals surface area contributed by atoms with Gasteiger partial charge >= 0.3 is 0 Å². The summed E-state index contributed by atoms with van der Waals surface area (Å²) in [5.74, 6) is 1.29. The number of fused-ring (bicyclic) bond motifs is 1. The summed E-state index contributed by atoms with van der Waals surface area (Å²) in [6.45, 7) is 0.864. The van der Waals surface area contributed by atoms with Gasteiger partial charge in [-0.1, -0.05) is 11.6 Å². The first-order chi connectivity index (χ1) is 13.9. The Hall–Kier alpha value is -2.32. The van der Waals surface area contributed by atoms with Crippen LogP contribution in [0.25, 0.3) is 0 Å². The van der Waals surface area contributed by atoms with Crippen LogP contribution in [0.3, 0.4) is 0 Å². The minimum atomic E-state index is -0.611. The van der Waals surface area contributed by atoms with Gasteiger partial charge in [-0.2, -0.15) is 11.8 Å². The molecule has 4 rings (SSSR count). The van der Waals surface area contributed by atoms with Gasteiger partial charge in [-0.25, -0.2) is 4.98 Å². The van der Waals surface area contributed by atoms with Crippen LogP contribution in [0.2, 0.25) is 5.02 Å². The first-order valence-corrected chi connectivity index (χ1v) is 11.1. The van der Waals surface area contributed by atoms with Crippen LogP contribution in [-0.2, 0) is 5.75 Å². The van der Waals surface area contributed by atoms with E-state index in [1.165, 1.54) is 17.8 Å². The summed E-state index contributed by atoms with van der Waals surface area (Å²) in [4.78, 5) is 45.9. The van der Waals surface area contributed by atoms with E-state index in [4.69, 9.17) is 16.3 Å². The molecule has 1 fully saturated rings. The number of carbonyl (C=O) groups excluding carboxylic acids is 2. The van der Waals surface area contributed by atoms with Gasteiger partial charge in [0.25, 0.3) is 11.5 Å². The van der Waals surface area contributed by atoms with E-state index in [0.29, 0.717) is 53.8 Å². The van der Waals surface area contributed by atoms with E-state index < -0.39 is 5.60 Å². The molecule has 29 heavy (non-hydrogen) atoms. The number of ketones is 1. The number of Topliss-reactive ketones (excluding diaryl/α,β-unsaturated/α-hetero) is 1. The lowest BCUT2D eigenvalue weighted by Gasteiger charge is -2.43. The summed E-state index contributed by atoms with van der Waals surface area (Å²) < 4.78 is 6.20. The maximum atomic E-state index is 12.9. The molecule has 0 saturated carbocycles. The van der Waals surface area contributed by atoms with Crippen molar-refractivity contribution >= 4 is 35.1 Å². The highest BCUT2D eigenvalue weighted by Crippen LogP contribution is 2.40. The number of likely N-dealkylation sites (tertiary alicyclic amines) is 1. The third-order valence-electron chi connectivity index (χ3n) is 5.30. The zero-order valence-electron chi connectivity index (χ0n) is 15.9. The number of aromatic nitrogens is 2. The average Bonchev–Trinajstić information content (AvgIpc) is 2.69. The Labute approximate surface area is 176 Å². The van der Waals surface area contributed by atoms with E-state index in [1.807, 2.05) is 6.26 Å². The van der Waals surface area contributed by atoms with Crippen molar-refractivity contribution < 1.29 is 14.3 Å². The fourth-order valence-electron chi connectivity index (χ4n) is 3.85. The molecule has 3 heterocycles. The van der Waals surface area contributed by atoms with Crippen LogP contribution in [0.15, 0.2) is 29.1 Å². The van der Waals surface area contributed by atoms with Crippen LogP contribution < -0.4 is 10.3 Å². The molecule has 0 unspecified atom stereocenters. The number of halogens is 1. The normalized spacial score (nSPS) is 17.7. The molecule has 1 aromatic heterocycles. The molecular weight excluding hydrogens is 414 g/mol. The van der Waals surface area contributed by atoms with Crippen molar-refractivity contribution in [1.29, 1.82) is 0 Å². The molecule has 1 aromatic carbocycles. The minimum absolute atomic E-state index is 0.00601. The van der Waals surface area contributed by atoms with Crippen molar-refractivity contribution in [2.24, 2.45) is 0 Å². The van der Waals surface area contributed by atoms with Crippen molar-refractivity contribution in [2.75, 3.05) is 19.3 Å². The topological polar surface area (TPSA) is 92.4 Å². The number of piperidine rings is 1. The van der Waals surface area contributed by atoms with Crippen LogP contribution in [0.4, 0.5) is 0 Å². The van der Waals surface area contributed by atoms with Crippen LogP contribution >= 0.6 is 23.4 Å². The Kier molecular flexibility index (Phi) is 5.40. The highest BCUT2D eigenvalue weighted by atomic mass is 35.5. The number of nitrogens with one attached hydrogen (secondary N) is 1. The predicted octanol–water partition coefficient (Wildman–Crippen LogP) is 2.93. The molecule has 1 amide bonds. The molecule has 9 heteroatoms. The SMILES string of the molecule is CSCc1nc(C(=O)N2CCC3(CC2)CC(=O)c2cc(Cl)ccc2O3)cc(=O)[nH]1. The second-order valence-corrected chi connectivity index (χ2v) is 8.63. The van der Waals surface area contributed by atoms with Gasteiger partial charge in [0.2, 0.25) is 0 Å². The lowest BCUT2D eigenvalue weighted by Crippen LogP contribution is -2.52. The van der Waals surface area contributed by atoms with Crippen molar-refractivity contribution in [3.8, 4) is 5.75 Å². The number of hydrogen-bond acceptors (Lipinski definition) is 6. The molecule has 152 valence electrons. The number of hydrogen-bond donors (Lipinski definition) is 1. The minimum Gasteiger partial charge on any atom is -0.486 e. The van der Waals surface area contributed by atoms with E-state index >= 15 is 0 Å². The van der Waals surface area contributed by atoms with Gasteiger partial charge in [0.1, 0.15) is 22.9 Å². The maximum absolute atomic E-state index is 12.9. The Morgan fingerprint density at radius 2 is 2.07 bits per heavy atom. The van der Waals surface area contributed by atoms with Crippen LogP contribution in [0, 0.1) is 0 Å². The van der Waals surface area contributed by atoms with Crippen molar-refractivity contribution in [3.05, 3.63) is 56.7 Å². The van der Waals surface area contributed by atoms with E-state index in [2.05, 4.69) is 9.97 Å². The molecule has 7 nitrogen and oxygen atoms in total. The van der Waals surface area contributed by atoms with Gasteiger partial charge in [0.15, 0.2) is 5.78 Å². The largest absolute Gasteiger partial charge is 0.486 e. The summed E-state index contributed by atoms with van der Waals surface area (Å²) in [7, 11) is 0. The van der Waals surface area contributed by atoms with Crippen molar-refractivity contribution in [1.82, 2.24) is 14.9 Å². The van der Waals surface area contributed by atoms with Gasteiger partial charge in [-0.3, -0.25) is 14.4 Å². The van der Waals surface area contributed by atoms with Crippen LogP contribution in [0.1, 0.15) is 45.9 Å². The van der Waals surface area contributed by atoms with Gasteiger partial charge < -0.3 is 14.6 Å². The number of ether oxygens (including phenoxy) is 1. The first-order valence-electron chi connectivity index (χ1n) is 9.29. The molecule has 0 bridgehead atoms. The Balaban J connectivity index is 1.48. The second-order valence-electron chi connectivity index (χ2n) is 7.33. The number of rotatable bonds is 3. The summed E-state index contributed by atoms with van der Waals surface area (Å²) in [6, 6.07) is 6.30. The third-order valence-corrected chi connectivity index (χ3v) is 6.10. The Morgan fingerprint density at radius 3 is 2.79 bits per heavy atom. The standard InChI is InChI=1S/C20H20ClN3O4S/c1-29-11-17-22-14(9-18(26)23-17)19(27)24-6-4-20(5-7-24)10-15(25)13-8-12(21)2-3-16(13)28-20/h2-3,8-9H,4-7,10-11H2,1H3,(H,22,23,26). The zero-order chi connectivity index (χ0) is 20.6. The van der Waals surface area contributed by atoms with Gasteiger partial charge in [-0.05, 0) is 24.5 Å². The summed E-state index contributed by atoms with van der Waals surface area (Å²) in [5.41, 5.74) is -0.289. The molecule has 0 atom stereocenters. The summed E-state index contributed by atoms with van der Waals surface area (Å²) >= 11 is 7.50. The molecule has 2 aromatic rings. The molecule has 1 saturated heterocycles. The molecular formula is C20H20ClN3O4S. The fraction of sp³-hybridized carbons (Fsp3) is 0.400. The lowest BCUT2D eigenvalue weighted by molar-refractivity contribution is -0.00586. The number of H-pyrrole nitrogens is 1. The highest BCUT2D eigenvalue weighted by Gasteiger charge is 2.44. The number of carbonyl (C=O) groups is 2. The molecule has 1 N–H and O–H groups in total. The quantitative estimate of drug-likeness (QED) is 0.800. The molecule has 2 aliphatic heterocycles. The number of thioether (sulfide) groups is 1. The smallest absolute Gasteiger partial charge is 0.272 e. The Bertz CT molecular complexity index is 1030. The van der Waals surface area contributed by atoms with Gasteiger partial charge in [0.05, 0.1) is 17.7 Å². The molecule has 1 spiro atoms. The Morgan fingerprint density at radius 1 is 1.31 bits per heavy atom. The van der Waals surface area contributed by atoms with E-state index in [1.54, 1.807) is 23.1 Å². The predicted molar refractivity (Wildman–Crippen MR) is 111 cm³/mol.